The minimum Gasteiger partial charge on any atom is -0.484 e. The van der Waals surface area contributed by atoms with Crippen molar-refractivity contribution in [1.82, 2.24) is 10.2 Å². The Kier molecular flexibility index (Phi) is 6.41. The van der Waals surface area contributed by atoms with Crippen LogP contribution < -0.4 is 15.0 Å². The predicted octanol–water partition coefficient (Wildman–Crippen LogP) is 3.65. The van der Waals surface area contributed by atoms with Crippen LogP contribution in [0.1, 0.15) is 0 Å². The third kappa shape index (κ3) is 5.25. The Hall–Kier alpha value is -3.16. The molecule has 0 radical (unpaired) electrons. The van der Waals surface area contributed by atoms with E-state index in [-0.39, 0.29) is 12.5 Å². The first kappa shape index (κ1) is 20.1. The van der Waals surface area contributed by atoms with Gasteiger partial charge in [0.2, 0.25) is 0 Å². The fourth-order valence-corrected chi connectivity index (χ4v) is 3.28. The lowest BCUT2D eigenvalue weighted by molar-refractivity contribution is -0.118. The van der Waals surface area contributed by atoms with E-state index in [1.165, 1.54) is 0 Å². The number of nitrogens with one attached hydrogen (secondary N) is 1. The zero-order valence-corrected chi connectivity index (χ0v) is 17.0. The van der Waals surface area contributed by atoms with Gasteiger partial charge in [0, 0.05) is 29.4 Å². The van der Waals surface area contributed by atoms with Gasteiger partial charge in [-0.3, -0.25) is 4.79 Å². The first-order valence-electron chi connectivity index (χ1n) is 9.62. The Morgan fingerprint density at radius 2 is 1.90 bits per heavy atom. The van der Waals surface area contributed by atoms with E-state index in [2.05, 4.69) is 20.4 Å². The van der Waals surface area contributed by atoms with Crippen LogP contribution in [0.25, 0.3) is 11.3 Å². The molecule has 1 aromatic heterocycles. The summed E-state index contributed by atoms with van der Waals surface area (Å²) in [7, 11) is 0. The molecule has 2 aromatic carbocycles. The number of ether oxygens (including phenoxy) is 2. The largest absolute Gasteiger partial charge is 0.484 e. The Morgan fingerprint density at radius 1 is 1.07 bits per heavy atom. The number of morpholine rings is 1. The first-order valence-corrected chi connectivity index (χ1v) is 10.0. The number of halogens is 1. The molecule has 0 unspecified atom stereocenters. The van der Waals surface area contributed by atoms with Gasteiger partial charge in [0.05, 0.1) is 18.9 Å². The number of hydrogen-bond acceptors (Lipinski definition) is 6. The number of carbonyl (C=O) groups excluding carboxylic acids is 1. The molecule has 1 aliphatic rings. The second-order valence-corrected chi connectivity index (χ2v) is 7.19. The van der Waals surface area contributed by atoms with E-state index in [9.17, 15) is 4.79 Å². The summed E-state index contributed by atoms with van der Waals surface area (Å²) in [6.45, 7) is 2.91. The van der Waals surface area contributed by atoms with Crippen molar-refractivity contribution in [1.29, 1.82) is 0 Å². The molecule has 1 amide bonds. The summed E-state index contributed by atoms with van der Waals surface area (Å²) in [5, 5.41) is 12.1. The number of nitrogens with zero attached hydrogens (tertiary/aromatic N) is 3. The molecule has 8 heteroatoms. The standard InChI is InChI=1S/C22H21ClN4O3/c23-17-4-2-6-19(14-17)30-15-22(28)24-18-5-1-3-16(13-18)20-7-8-21(26-25-20)27-9-11-29-12-10-27/h1-8,13-14H,9-12,15H2,(H,24,28). The van der Waals surface area contributed by atoms with Gasteiger partial charge in [-0.1, -0.05) is 29.8 Å². The molecule has 1 aliphatic heterocycles. The van der Waals surface area contributed by atoms with Gasteiger partial charge in [0.1, 0.15) is 5.75 Å². The monoisotopic (exact) mass is 424 g/mol. The molecule has 7 nitrogen and oxygen atoms in total. The molecule has 154 valence electrons. The van der Waals surface area contributed by atoms with Crippen molar-refractivity contribution in [2.75, 3.05) is 43.1 Å². The topological polar surface area (TPSA) is 76.6 Å². The Balaban J connectivity index is 1.37. The molecule has 4 rings (SSSR count). The summed E-state index contributed by atoms with van der Waals surface area (Å²) in [5.41, 5.74) is 2.26. The van der Waals surface area contributed by atoms with Crippen molar-refractivity contribution in [2.24, 2.45) is 0 Å². The molecule has 1 N–H and O–H groups in total. The highest BCUT2D eigenvalue weighted by molar-refractivity contribution is 6.30. The van der Waals surface area contributed by atoms with Crippen LogP contribution in [0.5, 0.6) is 5.75 Å². The maximum absolute atomic E-state index is 12.2. The second-order valence-electron chi connectivity index (χ2n) is 6.75. The Bertz CT molecular complexity index is 1010. The number of rotatable bonds is 6. The van der Waals surface area contributed by atoms with Crippen molar-refractivity contribution in [3.8, 4) is 17.0 Å². The molecule has 0 atom stereocenters. The smallest absolute Gasteiger partial charge is 0.262 e. The molecule has 0 bridgehead atoms. The summed E-state index contributed by atoms with van der Waals surface area (Å²) in [6.07, 6.45) is 0. The molecule has 1 saturated heterocycles. The summed E-state index contributed by atoms with van der Waals surface area (Å²) in [4.78, 5) is 14.4. The minimum atomic E-state index is -0.263. The maximum atomic E-state index is 12.2. The maximum Gasteiger partial charge on any atom is 0.262 e. The van der Waals surface area contributed by atoms with Crippen molar-refractivity contribution >= 4 is 29.0 Å². The van der Waals surface area contributed by atoms with E-state index >= 15 is 0 Å². The molecule has 0 saturated carbocycles. The Labute approximate surface area is 179 Å². The molecule has 3 aromatic rings. The first-order chi connectivity index (χ1) is 14.7. The average Bonchev–Trinajstić information content (AvgIpc) is 2.79. The van der Waals surface area contributed by atoms with Gasteiger partial charge in [0.25, 0.3) is 5.91 Å². The van der Waals surface area contributed by atoms with Crippen LogP contribution in [-0.4, -0.2) is 49.0 Å². The van der Waals surface area contributed by atoms with Crippen LogP contribution in [0, 0.1) is 0 Å². The summed E-state index contributed by atoms with van der Waals surface area (Å²) >= 11 is 5.92. The third-order valence-corrected chi connectivity index (χ3v) is 4.83. The summed E-state index contributed by atoms with van der Waals surface area (Å²) < 4.78 is 10.8. The van der Waals surface area contributed by atoms with Crippen molar-refractivity contribution in [3.63, 3.8) is 0 Å². The number of amides is 1. The number of anilines is 2. The summed E-state index contributed by atoms with van der Waals surface area (Å²) in [5.74, 6) is 1.12. The van der Waals surface area contributed by atoms with Gasteiger partial charge in [-0.25, -0.2) is 0 Å². The lowest BCUT2D eigenvalue weighted by Gasteiger charge is -2.27. The molecule has 2 heterocycles. The van der Waals surface area contributed by atoms with Crippen molar-refractivity contribution in [2.45, 2.75) is 0 Å². The molecule has 1 fully saturated rings. The SMILES string of the molecule is O=C(COc1cccc(Cl)c1)Nc1cccc(-c2ccc(N3CCOCC3)nn2)c1. The summed E-state index contributed by atoms with van der Waals surface area (Å²) in [6, 6.07) is 18.3. The second kappa shape index (κ2) is 9.56. The van der Waals surface area contributed by atoms with Crippen LogP contribution in [0.2, 0.25) is 5.02 Å². The minimum absolute atomic E-state index is 0.112. The van der Waals surface area contributed by atoms with Crippen molar-refractivity contribution < 1.29 is 14.3 Å². The average molecular weight is 425 g/mol. The van der Waals surface area contributed by atoms with E-state index in [0.29, 0.717) is 29.7 Å². The number of benzene rings is 2. The van der Waals surface area contributed by atoms with Gasteiger partial charge in [-0.2, -0.15) is 0 Å². The van der Waals surface area contributed by atoms with Crippen LogP contribution >= 0.6 is 11.6 Å². The van der Waals surface area contributed by atoms with Gasteiger partial charge >= 0.3 is 0 Å². The number of carbonyl (C=O) groups is 1. The Morgan fingerprint density at radius 3 is 2.67 bits per heavy atom. The predicted molar refractivity (Wildman–Crippen MR) is 116 cm³/mol. The van der Waals surface area contributed by atoms with Gasteiger partial charge < -0.3 is 19.7 Å². The van der Waals surface area contributed by atoms with E-state index in [1.807, 2.05) is 36.4 Å². The van der Waals surface area contributed by atoms with E-state index in [0.717, 1.165) is 30.2 Å². The molecule has 0 aliphatic carbocycles. The van der Waals surface area contributed by atoms with Gasteiger partial charge in [0.15, 0.2) is 12.4 Å². The third-order valence-electron chi connectivity index (χ3n) is 4.59. The molecular formula is C22H21ClN4O3. The van der Waals surface area contributed by atoms with Gasteiger partial charge in [-0.05, 0) is 42.5 Å². The van der Waals surface area contributed by atoms with Crippen LogP contribution in [0.3, 0.4) is 0 Å². The van der Waals surface area contributed by atoms with Crippen LogP contribution in [0.4, 0.5) is 11.5 Å². The molecule has 30 heavy (non-hydrogen) atoms. The molecule has 0 spiro atoms. The lowest BCUT2D eigenvalue weighted by Crippen LogP contribution is -2.36. The van der Waals surface area contributed by atoms with E-state index in [4.69, 9.17) is 21.1 Å². The molecular weight excluding hydrogens is 404 g/mol. The highest BCUT2D eigenvalue weighted by Gasteiger charge is 2.13. The zero-order valence-electron chi connectivity index (χ0n) is 16.3. The van der Waals surface area contributed by atoms with Crippen LogP contribution in [0.15, 0.2) is 60.7 Å². The van der Waals surface area contributed by atoms with Crippen LogP contribution in [-0.2, 0) is 9.53 Å². The lowest BCUT2D eigenvalue weighted by atomic mass is 10.1. The van der Waals surface area contributed by atoms with E-state index in [1.54, 1.807) is 24.3 Å². The number of hydrogen-bond donors (Lipinski definition) is 1. The fourth-order valence-electron chi connectivity index (χ4n) is 3.10. The van der Waals surface area contributed by atoms with E-state index < -0.39 is 0 Å². The normalized spacial score (nSPS) is 13.7. The fraction of sp³-hybridized carbons (Fsp3) is 0.227. The highest BCUT2D eigenvalue weighted by Crippen LogP contribution is 2.22. The quantitative estimate of drug-likeness (QED) is 0.650. The highest BCUT2D eigenvalue weighted by atomic mass is 35.5. The number of aromatic nitrogens is 2. The zero-order chi connectivity index (χ0) is 20.8. The van der Waals surface area contributed by atoms with Crippen molar-refractivity contribution in [3.05, 3.63) is 65.7 Å². The van der Waals surface area contributed by atoms with Gasteiger partial charge in [-0.15, -0.1) is 10.2 Å².